The van der Waals surface area contributed by atoms with Gasteiger partial charge in [-0.1, -0.05) is 42.5 Å². The van der Waals surface area contributed by atoms with Crippen LogP contribution in [-0.2, 0) is 14.3 Å². The molecular formula is C29H29F2N5O5S. The molecule has 1 aliphatic heterocycles. The van der Waals surface area contributed by atoms with Gasteiger partial charge in [-0.05, 0) is 25.1 Å². The number of thiophene rings is 1. The predicted octanol–water partition coefficient (Wildman–Crippen LogP) is 3.08. The Labute approximate surface area is 244 Å². The Morgan fingerprint density at radius 3 is 2.31 bits per heavy atom. The molecule has 3 amide bonds. The highest BCUT2D eigenvalue weighted by Crippen LogP contribution is 2.26. The van der Waals surface area contributed by atoms with Crippen LogP contribution in [0, 0.1) is 5.41 Å². The van der Waals surface area contributed by atoms with Gasteiger partial charge in [0, 0.05) is 45.5 Å². The van der Waals surface area contributed by atoms with E-state index in [2.05, 4.69) is 15.4 Å². The number of nitrogens with two attached hydrogens (primary N) is 1. The minimum absolute atomic E-state index is 0.116. The standard InChI is InChI=1S/C29H29F2N5O5S/c1-16(23-11-20(15-42-23)26(32)33)35-28(40)22-12-21(41-29(30)31)14-36(22)24(37)13-34-27(39)19-9-7-18(8-10-19)25(38)17-5-3-2-4-6-17/h2-11,15-16,21-22,29H,12-14H2,1H3,(H3,32,33)(H,34,39)(H,35,40)/t16-,21-,22+/m1/s1. The van der Waals surface area contributed by atoms with E-state index in [0.717, 1.165) is 4.90 Å². The molecule has 0 saturated carbocycles. The van der Waals surface area contributed by atoms with Crippen molar-refractivity contribution in [3.63, 3.8) is 0 Å². The highest BCUT2D eigenvalue weighted by atomic mass is 32.1. The van der Waals surface area contributed by atoms with Crippen molar-refractivity contribution in [1.82, 2.24) is 15.5 Å². The molecule has 1 aliphatic rings. The number of amidine groups is 1. The van der Waals surface area contributed by atoms with Gasteiger partial charge in [-0.2, -0.15) is 8.78 Å². The number of nitrogens with zero attached hydrogens (tertiary/aromatic N) is 1. The Balaban J connectivity index is 1.38. The fourth-order valence-corrected chi connectivity index (χ4v) is 5.47. The van der Waals surface area contributed by atoms with E-state index in [1.165, 1.54) is 35.6 Å². The van der Waals surface area contributed by atoms with Crippen LogP contribution >= 0.6 is 11.3 Å². The number of benzene rings is 2. The van der Waals surface area contributed by atoms with Crippen LogP contribution in [0.2, 0.25) is 0 Å². The molecule has 1 saturated heterocycles. The molecule has 10 nitrogen and oxygen atoms in total. The fourth-order valence-electron chi connectivity index (χ4n) is 4.56. The van der Waals surface area contributed by atoms with Gasteiger partial charge in [-0.3, -0.25) is 24.6 Å². The van der Waals surface area contributed by atoms with Crippen molar-refractivity contribution in [2.24, 2.45) is 5.73 Å². The number of rotatable bonds is 11. The zero-order chi connectivity index (χ0) is 30.4. The second kappa shape index (κ2) is 13.4. The van der Waals surface area contributed by atoms with Gasteiger partial charge in [0.05, 0.1) is 18.7 Å². The van der Waals surface area contributed by atoms with Gasteiger partial charge < -0.3 is 26.0 Å². The molecule has 1 fully saturated rings. The van der Waals surface area contributed by atoms with Crippen LogP contribution in [0.4, 0.5) is 8.78 Å². The lowest BCUT2D eigenvalue weighted by atomic mass is 10.0. The van der Waals surface area contributed by atoms with Gasteiger partial charge in [0.1, 0.15) is 11.9 Å². The maximum absolute atomic E-state index is 13.1. The smallest absolute Gasteiger partial charge is 0.345 e. The summed E-state index contributed by atoms with van der Waals surface area (Å²) in [6.07, 6.45) is -1.22. The van der Waals surface area contributed by atoms with E-state index in [4.69, 9.17) is 11.1 Å². The number of likely N-dealkylation sites (tertiary alicyclic amines) is 1. The zero-order valence-corrected chi connectivity index (χ0v) is 23.3. The summed E-state index contributed by atoms with van der Waals surface area (Å²) in [5, 5.41) is 14.5. The quantitative estimate of drug-likeness (QED) is 0.151. The number of alkyl halides is 2. The molecule has 2 aromatic carbocycles. The van der Waals surface area contributed by atoms with Crippen LogP contribution in [0.15, 0.2) is 66.0 Å². The molecule has 3 atom stereocenters. The van der Waals surface area contributed by atoms with Crippen LogP contribution in [0.25, 0.3) is 0 Å². The topological polar surface area (TPSA) is 155 Å². The van der Waals surface area contributed by atoms with Crippen LogP contribution in [0.5, 0.6) is 0 Å². The molecular weight excluding hydrogens is 568 g/mol. The lowest BCUT2D eigenvalue weighted by Gasteiger charge is -2.25. The molecule has 3 aromatic rings. The average Bonchev–Trinajstić information content (AvgIpc) is 3.64. The summed E-state index contributed by atoms with van der Waals surface area (Å²) in [4.78, 5) is 53.3. The molecule has 220 valence electrons. The Kier molecular flexibility index (Phi) is 9.76. The first kappa shape index (κ1) is 30.5. The van der Waals surface area contributed by atoms with E-state index in [0.29, 0.717) is 21.6 Å². The summed E-state index contributed by atoms with van der Waals surface area (Å²) < 4.78 is 30.4. The van der Waals surface area contributed by atoms with Gasteiger partial charge in [-0.25, -0.2) is 0 Å². The van der Waals surface area contributed by atoms with Crippen molar-refractivity contribution in [2.45, 2.75) is 38.1 Å². The first-order chi connectivity index (χ1) is 20.0. The van der Waals surface area contributed by atoms with E-state index >= 15 is 0 Å². The molecule has 4 rings (SSSR count). The van der Waals surface area contributed by atoms with E-state index < -0.39 is 49.1 Å². The van der Waals surface area contributed by atoms with Crippen LogP contribution in [0.3, 0.4) is 0 Å². The molecule has 0 bridgehead atoms. The Morgan fingerprint density at radius 2 is 1.69 bits per heavy atom. The average molecular weight is 598 g/mol. The first-order valence-electron chi connectivity index (χ1n) is 13.0. The van der Waals surface area contributed by atoms with Gasteiger partial charge in [-0.15, -0.1) is 11.3 Å². The molecule has 0 spiro atoms. The summed E-state index contributed by atoms with van der Waals surface area (Å²) >= 11 is 1.29. The number of hydrogen-bond acceptors (Lipinski definition) is 7. The molecule has 2 heterocycles. The van der Waals surface area contributed by atoms with Crippen molar-refractivity contribution in [1.29, 1.82) is 5.41 Å². The molecule has 0 radical (unpaired) electrons. The molecule has 0 aliphatic carbocycles. The van der Waals surface area contributed by atoms with E-state index in [1.54, 1.807) is 48.7 Å². The number of carbonyl (C=O) groups excluding carboxylic acids is 4. The number of nitrogen functional groups attached to an aromatic ring is 1. The number of amides is 3. The lowest BCUT2D eigenvalue weighted by Crippen LogP contribution is -2.49. The number of carbonyl (C=O) groups is 4. The second-order valence-electron chi connectivity index (χ2n) is 9.65. The van der Waals surface area contributed by atoms with Gasteiger partial charge >= 0.3 is 6.61 Å². The normalized spacial score (nSPS) is 17.1. The second-order valence-corrected chi connectivity index (χ2v) is 10.6. The van der Waals surface area contributed by atoms with Crippen LogP contribution in [-0.4, -0.2) is 66.1 Å². The summed E-state index contributed by atoms with van der Waals surface area (Å²) in [5.74, 6) is -2.13. The van der Waals surface area contributed by atoms with Crippen molar-refractivity contribution < 1.29 is 32.7 Å². The van der Waals surface area contributed by atoms with E-state index in [-0.39, 0.29) is 30.1 Å². The third kappa shape index (κ3) is 7.42. The van der Waals surface area contributed by atoms with Crippen molar-refractivity contribution in [2.75, 3.05) is 13.1 Å². The lowest BCUT2D eigenvalue weighted by molar-refractivity contribution is -0.160. The van der Waals surface area contributed by atoms with Crippen LogP contribution in [0.1, 0.15) is 56.1 Å². The van der Waals surface area contributed by atoms with Crippen LogP contribution < -0.4 is 16.4 Å². The Morgan fingerprint density at radius 1 is 1.05 bits per heavy atom. The Bertz CT molecular complexity index is 1460. The summed E-state index contributed by atoms with van der Waals surface area (Å²) in [7, 11) is 0. The summed E-state index contributed by atoms with van der Waals surface area (Å²) in [6.45, 7) is -2.12. The molecule has 13 heteroatoms. The highest BCUT2D eigenvalue weighted by molar-refractivity contribution is 7.10. The number of hydrogen-bond donors (Lipinski definition) is 4. The largest absolute Gasteiger partial charge is 0.384 e. The third-order valence-electron chi connectivity index (χ3n) is 6.74. The summed E-state index contributed by atoms with van der Waals surface area (Å²) in [5.41, 5.74) is 7.11. The number of nitrogens with one attached hydrogen (secondary N) is 3. The van der Waals surface area contributed by atoms with Crippen molar-refractivity contribution in [3.8, 4) is 0 Å². The Hall–Kier alpha value is -4.49. The first-order valence-corrected chi connectivity index (χ1v) is 13.9. The third-order valence-corrected chi connectivity index (χ3v) is 7.86. The molecule has 1 aromatic heterocycles. The monoisotopic (exact) mass is 597 g/mol. The maximum atomic E-state index is 13.1. The van der Waals surface area contributed by atoms with Gasteiger partial charge in [0.2, 0.25) is 11.8 Å². The molecule has 0 unspecified atom stereocenters. The zero-order valence-electron chi connectivity index (χ0n) is 22.5. The predicted molar refractivity (Wildman–Crippen MR) is 152 cm³/mol. The number of ether oxygens (including phenoxy) is 1. The number of halogens is 2. The summed E-state index contributed by atoms with van der Waals surface area (Å²) in [6, 6.07) is 14.7. The minimum Gasteiger partial charge on any atom is -0.384 e. The molecule has 42 heavy (non-hydrogen) atoms. The van der Waals surface area contributed by atoms with Gasteiger partial charge in [0.15, 0.2) is 5.78 Å². The van der Waals surface area contributed by atoms with E-state index in [9.17, 15) is 28.0 Å². The van der Waals surface area contributed by atoms with Gasteiger partial charge in [0.25, 0.3) is 5.91 Å². The van der Waals surface area contributed by atoms with Crippen molar-refractivity contribution >= 4 is 40.7 Å². The fraction of sp³-hybridized carbons (Fsp3) is 0.276. The van der Waals surface area contributed by atoms with E-state index in [1.807, 2.05) is 0 Å². The SMILES string of the molecule is C[C@@H](NC(=O)[C@@H]1C[C@@H](OC(F)F)CN1C(=O)CNC(=O)c1ccc(C(=O)c2ccccc2)cc1)c1cc(C(=N)N)cs1. The van der Waals surface area contributed by atoms with Crippen molar-refractivity contribution in [3.05, 3.63) is 93.2 Å². The maximum Gasteiger partial charge on any atom is 0.345 e. The highest BCUT2D eigenvalue weighted by Gasteiger charge is 2.41. The molecule has 5 N–H and O–H groups in total. The number of ketones is 1. The minimum atomic E-state index is -3.08.